The highest BCUT2D eigenvalue weighted by Gasteiger charge is 1.96. The Morgan fingerprint density at radius 3 is 3.18 bits per heavy atom. The Balaban J connectivity index is 2.67. The number of fused-ring (bicyclic) bond motifs is 1. The third kappa shape index (κ3) is 0.969. The van der Waals surface area contributed by atoms with Gasteiger partial charge in [0.15, 0.2) is 5.65 Å². The van der Waals surface area contributed by atoms with Crippen molar-refractivity contribution in [3.63, 3.8) is 0 Å². The summed E-state index contributed by atoms with van der Waals surface area (Å²) in [6.45, 7) is 0.0219. The summed E-state index contributed by atoms with van der Waals surface area (Å²) in [5, 5.41) is 16.2. The van der Waals surface area contributed by atoms with Gasteiger partial charge in [0.25, 0.3) is 0 Å². The topological polar surface area (TPSA) is 61.8 Å². The fourth-order valence-electron chi connectivity index (χ4n) is 0.969. The van der Waals surface area contributed by atoms with E-state index in [1.807, 2.05) is 6.07 Å². The van der Waals surface area contributed by atoms with Crippen LogP contribution in [0, 0.1) is 0 Å². The molecule has 4 heteroatoms. The van der Waals surface area contributed by atoms with Gasteiger partial charge < -0.3 is 5.11 Å². The lowest BCUT2D eigenvalue weighted by atomic mass is 10.2. The molecule has 0 atom stereocenters. The van der Waals surface area contributed by atoms with Crippen molar-refractivity contribution in [3.05, 3.63) is 24.0 Å². The Bertz CT molecular complexity index is 368. The van der Waals surface area contributed by atoms with Gasteiger partial charge in [-0.3, -0.25) is 5.10 Å². The molecule has 0 aliphatic rings. The van der Waals surface area contributed by atoms with Crippen LogP contribution in [0.3, 0.4) is 0 Å². The van der Waals surface area contributed by atoms with E-state index in [0.29, 0.717) is 0 Å². The van der Waals surface area contributed by atoms with Crippen molar-refractivity contribution in [2.45, 2.75) is 6.61 Å². The van der Waals surface area contributed by atoms with Gasteiger partial charge in [0.1, 0.15) is 0 Å². The summed E-state index contributed by atoms with van der Waals surface area (Å²) in [6, 6.07) is 1.85. The summed E-state index contributed by atoms with van der Waals surface area (Å²) in [6.07, 6.45) is 3.31. The van der Waals surface area contributed by atoms with Gasteiger partial charge in [-0.05, 0) is 11.6 Å². The van der Waals surface area contributed by atoms with Crippen molar-refractivity contribution in [1.29, 1.82) is 0 Å². The zero-order valence-electron chi connectivity index (χ0n) is 5.78. The minimum absolute atomic E-state index is 0.0219. The highest BCUT2D eigenvalue weighted by atomic mass is 16.3. The predicted molar refractivity (Wildman–Crippen MR) is 39.8 cm³/mol. The van der Waals surface area contributed by atoms with Crippen LogP contribution in [0.15, 0.2) is 18.5 Å². The monoisotopic (exact) mass is 149 g/mol. The third-order valence-electron chi connectivity index (χ3n) is 1.53. The number of aromatic amines is 1. The maximum absolute atomic E-state index is 8.76. The molecular formula is C7H7N3O. The molecule has 0 aliphatic heterocycles. The number of H-pyrrole nitrogens is 1. The molecule has 4 nitrogen and oxygen atoms in total. The molecule has 0 saturated carbocycles. The van der Waals surface area contributed by atoms with E-state index in [1.165, 1.54) is 0 Å². The summed E-state index contributed by atoms with van der Waals surface area (Å²) in [5.41, 5.74) is 1.56. The summed E-state index contributed by atoms with van der Waals surface area (Å²) < 4.78 is 0. The molecule has 0 bridgehead atoms. The van der Waals surface area contributed by atoms with Gasteiger partial charge in [0.2, 0.25) is 0 Å². The largest absolute Gasteiger partial charge is 0.392 e. The first-order valence-electron chi connectivity index (χ1n) is 3.29. The molecule has 0 aliphatic carbocycles. The minimum Gasteiger partial charge on any atom is -0.392 e. The van der Waals surface area contributed by atoms with E-state index in [0.717, 1.165) is 16.6 Å². The van der Waals surface area contributed by atoms with Gasteiger partial charge in [0, 0.05) is 11.6 Å². The van der Waals surface area contributed by atoms with Crippen molar-refractivity contribution < 1.29 is 5.11 Å². The van der Waals surface area contributed by atoms with Gasteiger partial charge >= 0.3 is 0 Å². The molecule has 2 N–H and O–H groups in total. The quantitative estimate of drug-likeness (QED) is 0.618. The van der Waals surface area contributed by atoms with Crippen LogP contribution in [0.2, 0.25) is 0 Å². The molecule has 2 aromatic heterocycles. The first kappa shape index (κ1) is 6.30. The van der Waals surface area contributed by atoms with Gasteiger partial charge in [-0.25, -0.2) is 4.98 Å². The Labute approximate surface area is 62.9 Å². The summed E-state index contributed by atoms with van der Waals surface area (Å²) >= 11 is 0. The van der Waals surface area contributed by atoms with Gasteiger partial charge in [-0.15, -0.1) is 0 Å². The molecule has 0 fully saturated rings. The van der Waals surface area contributed by atoms with E-state index in [4.69, 9.17) is 5.11 Å². The standard InChI is InChI=1S/C7H7N3O/c11-4-5-1-6-3-9-10-7(6)8-2-5/h1-3,11H,4H2,(H,8,9,10). The zero-order valence-corrected chi connectivity index (χ0v) is 5.78. The summed E-state index contributed by atoms with van der Waals surface area (Å²) in [7, 11) is 0. The molecule has 2 rings (SSSR count). The maximum Gasteiger partial charge on any atom is 0.155 e. The first-order valence-corrected chi connectivity index (χ1v) is 3.29. The van der Waals surface area contributed by atoms with Crippen LogP contribution in [-0.4, -0.2) is 20.3 Å². The zero-order chi connectivity index (χ0) is 7.68. The Morgan fingerprint density at radius 2 is 2.36 bits per heavy atom. The second-order valence-corrected chi connectivity index (χ2v) is 2.31. The lowest BCUT2D eigenvalue weighted by Gasteiger charge is -1.92. The lowest BCUT2D eigenvalue weighted by Crippen LogP contribution is -1.84. The first-order chi connectivity index (χ1) is 5.40. The molecule has 0 unspecified atom stereocenters. The van der Waals surface area contributed by atoms with Crippen LogP contribution in [0.4, 0.5) is 0 Å². The number of hydrogen-bond donors (Lipinski definition) is 2. The van der Waals surface area contributed by atoms with E-state index in [9.17, 15) is 0 Å². The highest BCUT2D eigenvalue weighted by molar-refractivity contribution is 5.73. The van der Waals surface area contributed by atoms with E-state index in [1.54, 1.807) is 12.4 Å². The highest BCUT2D eigenvalue weighted by Crippen LogP contribution is 2.08. The Morgan fingerprint density at radius 1 is 1.45 bits per heavy atom. The fourth-order valence-corrected chi connectivity index (χ4v) is 0.969. The van der Waals surface area contributed by atoms with Crippen molar-refractivity contribution in [2.24, 2.45) is 0 Å². The van der Waals surface area contributed by atoms with E-state index in [-0.39, 0.29) is 6.61 Å². The van der Waals surface area contributed by atoms with Crippen molar-refractivity contribution in [3.8, 4) is 0 Å². The number of nitrogens with zero attached hydrogens (tertiary/aromatic N) is 2. The molecule has 11 heavy (non-hydrogen) atoms. The number of pyridine rings is 1. The van der Waals surface area contributed by atoms with E-state index in [2.05, 4.69) is 15.2 Å². The van der Waals surface area contributed by atoms with Crippen molar-refractivity contribution in [2.75, 3.05) is 0 Å². The second-order valence-electron chi connectivity index (χ2n) is 2.31. The molecule has 0 radical (unpaired) electrons. The number of hydrogen-bond acceptors (Lipinski definition) is 3. The van der Waals surface area contributed by atoms with Crippen molar-refractivity contribution >= 4 is 11.0 Å². The molecule has 0 amide bonds. The fraction of sp³-hybridized carbons (Fsp3) is 0.143. The van der Waals surface area contributed by atoms with Gasteiger partial charge in [-0.2, -0.15) is 5.10 Å². The Kier molecular flexibility index (Phi) is 1.33. The van der Waals surface area contributed by atoms with Crippen LogP contribution in [-0.2, 0) is 6.61 Å². The number of aliphatic hydroxyl groups excluding tert-OH is 1. The summed E-state index contributed by atoms with van der Waals surface area (Å²) in [4.78, 5) is 4.03. The number of aromatic nitrogens is 3. The van der Waals surface area contributed by atoms with Crippen molar-refractivity contribution in [1.82, 2.24) is 15.2 Å². The van der Waals surface area contributed by atoms with Gasteiger partial charge in [0.05, 0.1) is 12.8 Å². The molecule has 2 aromatic rings. The summed E-state index contributed by atoms with van der Waals surface area (Å²) in [5.74, 6) is 0. The van der Waals surface area contributed by atoms with E-state index >= 15 is 0 Å². The molecular weight excluding hydrogens is 142 g/mol. The third-order valence-corrected chi connectivity index (χ3v) is 1.53. The number of nitrogens with one attached hydrogen (secondary N) is 1. The second kappa shape index (κ2) is 2.32. The average molecular weight is 149 g/mol. The molecule has 0 spiro atoms. The minimum atomic E-state index is 0.0219. The van der Waals surface area contributed by atoms with Crippen LogP contribution < -0.4 is 0 Å². The smallest absolute Gasteiger partial charge is 0.155 e. The normalized spacial score (nSPS) is 10.6. The number of rotatable bonds is 1. The van der Waals surface area contributed by atoms with Gasteiger partial charge in [-0.1, -0.05) is 0 Å². The number of aliphatic hydroxyl groups is 1. The molecule has 56 valence electrons. The lowest BCUT2D eigenvalue weighted by molar-refractivity contribution is 0.281. The predicted octanol–water partition coefficient (Wildman–Crippen LogP) is 0.450. The van der Waals surface area contributed by atoms with Crippen LogP contribution >= 0.6 is 0 Å². The molecule has 2 heterocycles. The van der Waals surface area contributed by atoms with Crippen LogP contribution in [0.5, 0.6) is 0 Å². The van der Waals surface area contributed by atoms with E-state index < -0.39 is 0 Å². The maximum atomic E-state index is 8.76. The Hall–Kier alpha value is -1.42. The average Bonchev–Trinajstić information content (AvgIpc) is 2.50. The molecule has 0 saturated heterocycles. The SMILES string of the molecule is OCc1cnc2[nH]ncc2c1. The molecule has 0 aromatic carbocycles. The van der Waals surface area contributed by atoms with Crippen LogP contribution in [0.25, 0.3) is 11.0 Å². The van der Waals surface area contributed by atoms with Crippen LogP contribution in [0.1, 0.15) is 5.56 Å².